The van der Waals surface area contributed by atoms with E-state index in [1.54, 1.807) is 6.07 Å². The lowest BCUT2D eigenvalue weighted by Gasteiger charge is -2.20. The normalized spacial score (nSPS) is 23.4. The summed E-state index contributed by atoms with van der Waals surface area (Å²) in [5, 5.41) is 18.6. The van der Waals surface area contributed by atoms with Crippen LogP contribution < -0.4 is 0 Å². The molecule has 2 atom stereocenters. The third-order valence-corrected chi connectivity index (χ3v) is 5.02. The molecule has 2 N–H and O–H groups in total. The number of nitrogens with zero attached hydrogens (tertiary/aromatic N) is 1. The number of aryl methyl sites for hydroxylation is 1. The Morgan fingerprint density at radius 3 is 2.72 bits per heavy atom. The zero-order chi connectivity index (χ0) is 13.4. The van der Waals surface area contributed by atoms with Crippen molar-refractivity contribution in [2.75, 3.05) is 6.54 Å². The fourth-order valence-corrected chi connectivity index (χ4v) is 3.47. The third-order valence-electron chi connectivity index (χ3n) is 2.89. The molecule has 7 heteroatoms. The van der Waals surface area contributed by atoms with Gasteiger partial charge in [-0.1, -0.05) is 0 Å². The highest BCUT2D eigenvalue weighted by Gasteiger charge is 2.39. The summed E-state index contributed by atoms with van der Waals surface area (Å²) in [6, 6.07) is 0.787. The van der Waals surface area contributed by atoms with Gasteiger partial charge in [0.2, 0.25) is 0 Å². The van der Waals surface area contributed by atoms with E-state index in [9.17, 15) is 14.7 Å². The van der Waals surface area contributed by atoms with Crippen LogP contribution in [0.1, 0.15) is 21.7 Å². The SMILES string of the molecule is Cc1cc(C(=O)N2CC(O)C[C@H]2C(=O)O)sc1Br. The molecule has 1 aromatic heterocycles. The van der Waals surface area contributed by atoms with E-state index in [0.29, 0.717) is 4.88 Å². The van der Waals surface area contributed by atoms with Crippen molar-refractivity contribution in [3.8, 4) is 0 Å². The number of carboxylic acids is 1. The van der Waals surface area contributed by atoms with Crippen LogP contribution in [0.3, 0.4) is 0 Å². The number of rotatable bonds is 2. The number of aliphatic carboxylic acids is 1. The van der Waals surface area contributed by atoms with E-state index in [4.69, 9.17) is 5.11 Å². The van der Waals surface area contributed by atoms with E-state index < -0.39 is 18.1 Å². The first-order chi connectivity index (χ1) is 8.40. The van der Waals surface area contributed by atoms with E-state index >= 15 is 0 Å². The molecule has 0 aromatic carbocycles. The van der Waals surface area contributed by atoms with Crippen LogP contribution in [0.25, 0.3) is 0 Å². The Hall–Kier alpha value is -0.920. The Balaban J connectivity index is 2.25. The van der Waals surface area contributed by atoms with E-state index in [0.717, 1.165) is 9.35 Å². The lowest BCUT2D eigenvalue weighted by molar-refractivity contribution is -0.141. The van der Waals surface area contributed by atoms with Gasteiger partial charge in [-0.3, -0.25) is 4.79 Å². The number of carbonyl (C=O) groups excluding carboxylic acids is 1. The van der Waals surface area contributed by atoms with Crippen LogP contribution >= 0.6 is 27.3 Å². The topological polar surface area (TPSA) is 77.8 Å². The lowest BCUT2D eigenvalue weighted by atomic mass is 10.2. The van der Waals surface area contributed by atoms with Gasteiger partial charge >= 0.3 is 5.97 Å². The number of likely N-dealkylation sites (tertiary alicyclic amines) is 1. The fourth-order valence-electron chi connectivity index (χ4n) is 1.98. The van der Waals surface area contributed by atoms with Gasteiger partial charge in [-0.2, -0.15) is 0 Å². The summed E-state index contributed by atoms with van der Waals surface area (Å²) in [5.74, 6) is -1.41. The van der Waals surface area contributed by atoms with Crippen molar-refractivity contribution in [3.05, 3.63) is 20.3 Å². The monoisotopic (exact) mass is 333 g/mol. The highest BCUT2D eigenvalue weighted by molar-refractivity contribution is 9.11. The number of aliphatic hydroxyl groups excluding tert-OH is 1. The van der Waals surface area contributed by atoms with Gasteiger partial charge in [0.05, 0.1) is 14.8 Å². The summed E-state index contributed by atoms with van der Waals surface area (Å²) in [4.78, 5) is 25.0. The number of carboxylic acid groups (broad SMARTS) is 1. The number of hydrogen-bond donors (Lipinski definition) is 2. The maximum absolute atomic E-state index is 12.2. The van der Waals surface area contributed by atoms with E-state index in [2.05, 4.69) is 15.9 Å². The minimum Gasteiger partial charge on any atom is -0.480 e. The number of amides is 1. The molecular formula is C11H12BrNO4S. The summed E-state index contributed by atoms with van der Waals surface area (Å²) in [7, 11) is 0. The molecule has 0 spiro atoms. The average Bonchev–Trinajstić information content (AvgIpc) is 2.82. The summed E-state index contributed by atoms with van der Waals surface area (Å²) >= 11 is 4.61. The minimum absolute atomic E-state index is 0.0738. The van der Waals surface area contributed by atoms with Gasteiger partial charge in [-0.25, -0.2) is 4.79 Å². The third kappa shape index (κ3) is 2.43. The maximum Gasteiger partial charge on any atom is 0.326 e. The second-order valence-electron chi connectivity index (χ2n) is 4.27. The van der Waals surface area contributed by atoms with Gasteiger partial charge < -0.3 is 15.1 Å². The molecule has 1 amide bonds. The number of thiophene rings is 1. The smallest absolute Gasteiger partial charge is 0.326 e. The van der Waals surface area contributed by atoms with Gasteiger partial charge in [-0.05, 0) is 34.5 Å². The summed E-state index contributed by atoms with van der Waals surface area (Å²) in [6.45, 7) is 1.94. The van der Waals surface area contributed by atoms with Gasteiger partial charge in [0, 0.05) is 13.0 Å². The molecule has 5 nitrogen and oxygen atoms in total. The van der Waals surface area contributed by atoms with Crippen molar-refractivity contribution < 1.29 is 19.8 Å². The first-order valence-electron chi connectivity index (χ1n) is 5.38. The van der Waals surface area contributed by atoms with Crippen molar-refractivity contribution in [2.24, 2.45) is 0 Å². The Bertz CT molecular complexity index is 482. The Labute approximate surface area is 116 Å². The predicted octanol–water partition coefficient (Wildman–Crippen LogP) is 1.48. The van der Waals surface area contributed by atoms with Crippen LogP contribution in [0.5, 0.6) is 0 Å². The quantitative estimate of drug-likeness (QED) is 0.859. The first-order valence-corrected chi connectivity index (χ1v) is 6.99. The molecule has 1 fully saturated rings. The van der Waals surface area contributed by atoms with Crippen molar-refractivity contribution in [2.45, 2.75) is 25.5 Å². The Morgan fingerprint density at radius 2 is 2.22 bits per heavy atom. The van der Waals surface area contributed by atoms with Crippen LogP contribution in [0.2, 0.25) is 0 Å². The van der Waals surface area contributed by atoms with Crippen LogP contribution in [-0.2, 0) is 4.79 Å². The zero-order valence-electron chi connectivity index (χ0n) is 9.59. The molecule has 18 heavy (non-hydrogen) atoms. The second kappa shape index (κ2) is 4.99. The second-order valence-corrected chi connectivity index (χ2v) is 6.64. The number of β-amino-alcohol motifs (C(OH)–C–C–N with tert-alkyl or cyclic N) is 1. The van der Waals surface area contributed by atoms with Crippen LogP contribution in [-0.4, -0.2) is 45.7 Å². The molecule has 2 heterocycles. The van der Waals surface area contributed by atoms with E-state index in [-0.39, 0.29) is 18.9 Å². The van der Waals surface area contributed by atoms with Crippen molar-refractivity contribution in [1.29, 1.82) is 0 Å². The van der Waals surface area contributed by atoms with Gasteiger partial charge in [0.1, 0.15) is 6.04 Å². The van der Waals surface area contributed by atoms with Crippen LogP contribution in [0.15, 0.2) is 9.85 Å². The van der Waals surface area contributed by atoms with Crippen LogP contribution in [0, 0.1) is 6.92 Å². The molecule has 1 aliphatic rings. The molecule has 98 valence electrons. The molecule has 1 aliphatic heterocycles. The molecule has 1 saturated heterocycles. The highest BCUT2D eigenvalue weighted by Crippen LogP contribution is 2.30. The Kier molecular flexibility index (Phi) is 3.74. The predicted molar refractivity (Wildman–Crippen MR) is 69.8 cm³/mol. The fraction of sp³-hybridized carbons (Fsp3) is 0.455. The average molecular weight is 334 g/mol. The van der Waals surface area contributed by atoms with Crippen molar-refractivity contribution in [3.63, 3.8) is 0 Å². The number of halogens is 1. The van der Waals surface area contributed by atoms with Gasteiger partial charge in [-0.15, -0.1) is 11.3 Å². The van der Waals surface area contributed by atoms with Crippen LogP contribution in [0.4, 0.5) is 0 Å². The zero-order valence-corrected chi connectivity index (χ0v) is 12.0. The first kappa shape index (κ1) is 13.5. The minimum atomic E-state index is -1.08. The lowest BCUT2D eigenvalue weighted by Crippen LogP contribution is -2.40. The van der Waals surface area contributed by atoms with Crippen molar-refractivity contribution in [1.82, 2.24) is 4.90 Å². The number of carbonyl (C=O) groups is 2. The molecular weight excluding hydrogens is 322 g/mol. The Morgan fingerprint density at radius 1 is 1.56 bits per heavy atom. The van der Waals surface area contributed by atoms with Gasteiger partial charge in [0.25, 0.3) is 5.91 Å². The summed E-state index contributed by atoms with van der Waals surface area (Å²) in [6.07, 6.45) is -0.674. The molecule has 0 bridgehead atoms. The molecule has 1 unspecified atom stereocenters. The van der Waals surface area contributed by atoms with E-state index in [1.165, 1.54) is 16.2 Å². The molecule has 0 aliphatic carbocycles. The highest BCUT2D eigenvalue weighted by atomic mass is 79.9. The number of hydrogen-bond acceptors (Lipinski definition) is 4. The van der Waals surface area contributed by atoms with E-state index in [1.807, 2.05) is 6.92 Å². The molecule has 0 saturated carbocycles. The number of aliphatic hydroxyl groups is 1. The van der Waals surface area contributed by atoms with Crippen molar-refractivity contribution >= 4 is 39.1 Å². The largest absolute Gasteiger partial charge is 0.480 e. The molecule has 1 aromatic rings. The summed E-state index contributed by atoms with van der Waals surface area (Å²) in [5.41, 5.74) is 0.940. The van der Waals surface area contributed by atoms with Gasteiger partial charge in [0.15, 0.2) is 0 Å². The summed E-state index contributed by atoms with van der Waals surface area (Å²) < 4.78 is 0.859. The molecule has 0 radical (unpaired) electrons. The molecule has 2 rings (SSSR count). The standard InChI is InChI=1S/C11H12BrNO4S/c1-5-2-8(18-9(5)12)10(15)13-4-6(14)3-7(13)11(16)17/h2,6-7,14H,3-4H2,1H3,(H,16,17)/t6?,7-/m0/s1. The maximum atomic E-state index is 12.2.